The predicted octanol–water partition coefficient (Wildman–Crippen LogP) is 2.59. The SMILES string of the molecule is Cc1ccc(C(O)CC(C)CC(=O)O)s1. The topological polar surface area (TPSA) is 57.5 Å². The van der Waals surface area contributed by atoms with Crippen LogP contribution in [0.2, 0.25) is 0 Å². The summed E-state index contributed by atoms with van der Waals surface area (Å²) in [6.07, 6.45) is 0.0891. The summed E-state index contributed by atoms with van der Waals surface area (Å²) in [5, 5.41) is 18.4. The Morgan fingerprint density at radius 1 is 1.53 bits per heavy atom. The number of aryl methyl sites for hydroxylation is 1. The van der Waals surface area contributed by atoms with Crippen LogP contribution in [0.3, 0.4) is 0 Å². The smallest absolute Gasteiger partial charge is 0.303 e. The molecule has 1 rings (SSSR count). The standard InChI is InChI=1S/C11H16O3S/c1-7(6-11(13)14)5-9(12)10-4-3-8(2)15-10/h3-4,7,9,12H,5-6H2,1-2H3,(H,13,14). The van der Waals surface area contributed by atoms with E-state index in [-0.39, 0.29) is 12.3 Å². The molecular weight excluding hydrogens is 212 g/mol. The number of hydrogen-bond donors (Lipinski definition) is 2. The van der Waals surface area contributed by atoms with Gasteiger partial charge in [0.2, 0.25) is 0 Å². The van der Waals surface area contributed by atoms with Crippen LogP contribution in [0.4, 0.5) is 0 Å². The first-order valence-electron chi connectivity index (χ1n) is 4.95. The Bertz CT molecular complexity index is 332. The van der Waals surface area contributed by atoms with Gasteiger partial charge in [0.15, 0.2) is 0 Å². The maximum Gasteiger partial charge on any atom is 0.303 e. The number of carbonyl (C=O) groups is 1. The molecule has 0 radical (unpaired) electrons. The predicted molar refractivity (Wildman–Crippen MR) is 60.0 cm³/mol. The quantitative estimate of drug-likeness (QED) is 0.814. The fourth-order valence-corrected chi connectivity index (χ4v) is 2.39. The second kappa shape index (κ2) is 5.28. The molecule has 0 spiro atoms. The normalized spacial score (nSPS) is 14.9. The molecule has 84 valence electrons. The van der Waals surface area contributed by atoms with E-state index in [4.69, 9.17) is 5.11 Å². The molecule has 3 nitrogen and oxygen atoms in total. The van der Waals surface area contributed by atoms with E-state index in [1.165, 1.54) is 0 Å². The number of aliphatic hydroxyl groups excluding tert-OH is 1. The maximum absolute atomic E-state index is 10.5. The van der Waals surface area contributed by atoms with Crippen LogP contribution in [0.1, 0.15) is 35.6 Å². The van der Waals surface area contributed by atoms with Gasteiger partial charge in [0.05, 0.1) is 6.10 Å². The molecule has 0 amide bonds. The monoisotopic (exact) mass is 228 g/mol. The molecule has 0 aliphatic rings. The molecule has 1 heterocycles. The number of thiophene rings is 1. The number of rotatable bonds is 5. The van der Waals surface area contributed by atoms with Gasteiger partial charge in [-0.3, -0.25) is 4.79 Å². The lowest BCUT2D eigenvalue weighted by Gasteiger charge is -2.13. The molecule has 2 N–H and O–H groups in total. The van der Waals surface area contributed by atoms with Crippen molar-refractivity contribution >= 4 is 17.3 Å². The first-order chi connectivity index (χ1) is 6.99. The highest BCUT2D eigenvalue weighted by atomic mass is 32.1. The zero-order valence-corrected chi connectivity index (χ0v) is 9.75. The molecule has 1 aromatic rings. The average molecular weight is 228 g/mol. The van der Waals surface area contributed by atoms with E-state index in [1.54, 1.807) is 11.3 Å². The van der Waals surface area contributed by atoms with Gasteiger partial charge < -0.3 is 10.2 Å². The van der Waals surface area contributed by atoms with Crippen molar-refractivity contribution in [2.45, 2.75) is 32.8 Å². The lowest BCUT2D eigenvalue weighted by atomic mass is 9.99. The molecular formula is C11H16O3S. The van der Waals surface area contributed by atoms with Gasteiger partial charge in [-0.25, -0.2) is 0 Å². The fourth-order valence-electron chi connectivity index (χ4n) is 1.51. The third-order valence-corrected chi connectivity index (χ3v) is 3.34. The number of carboxylic acids is 1. The molecule has 2 atom stereocenters. The highest BCUT2D eigenvalue weighted by Crippen LogP contribution is 2.28. The summed E-state index contributed by atoms with van der Waals surface area (Å²) in [4.78, 5) is 12.5. The van der Waals surface area contributed by atoms with Crippen molar-refractivity contribution in [2.75, 3.05) is 0 Å². The second-order valence-corrected chi connectivity index (χ2v) is 5.22. The molecule has 1 aromatic heterocycles. The van der Waals surface area contributed by atoms with E-state index in [0.717, 1.165) is 9.75 Å². The van der Waals surface area contributed by atoms with Gasteiger partial charge >= 0.3 is 5.97 Å². The Kier molecular flexibility index (Phi) is 4.29. The Morgan fingerprint density at radius 2 is 2.20 bits per heavy atom. The van der Waals surface area contributed by atoms with Gasteiger partial charge in [-0.1, -0.05) is 6.92 Å². The Balaban J connectivity index is 2.48. The van der Waals surface area contributed by atoms with Crippen molar-refractivity contribution in [3.8, 4) is 0 Å². The highest BCUT2D eigenvalue weighted by molar-refractivity contribution is 7.12. The van der Waals surface area contributed by atoms with E-state index in [9.17, 15) is 9.90 Å². The van der Waals surface area contributed by atoms with Crippen molar-refractivity contribution in [1.29, 1.82) is 0 Å². The van der Waals surface area contributed by atoms with Crippen LogP contribution in [0, 0.1) is 12.8 Å². The number of aliphatic carboxylic acids is 1. The third kappa shape index (κ3) is 4.01. The highest BCUT2D eigenvalue weighted by Gasteiger charge is 2.15. The molecule has 0 aromatic carbocycles. The second-order valence-electron chi connectivity index (χ2n) is 3.90. The van der Waals surface area contributed by atoms with Crippen LogP contribution in [-0.4, -0.2) is 16.2 Å². The number of hydrogen-bond acceptors (Lipinski definition) is 3. The number of carboxylic acid groups (broad SMARTS) is 1. The van der Waals surface area contributed by atoms with Crippen LogP contribution in [0.25, 0.3) is 0 Å². The van der Waals surface area contributed by atoms with E-state index in [1.807, 2.05) is 26.0 Å². The molecule has 0 aliphatic carbocycles. The van der Waals surface area contributed by atoms with E-state index in [0.29, 0.717) is 6.42 Å². The van der Waals surface area contributed by atoms with E-state index >= 15 is 0 Å². The van der Waals surface area contributed by atoms with Crippen molar-refractivity contribution in [3.63, 3.8) is 0 Å². The Hall–Kier alpha value is -0.870. The van der Waals surface area contributed by atoms with Crippen LogP contribution < -0.4 is 0 Å². The summed E-state index contributed by atoms with van der Waals surface area (Å²) in [5.74, 6) is -0.808. The molecule has 2 unspecified atom stereocenters. The molecule has 0 fully saturated rings. The maximum atomic E-state index is 10.5. The zero-order chi connectivity index (χ0) is 11.4. The Morgan fingerprint density at radius 3 is 2.67 bits per heavy atom. The summed E-state index contributed by atoms with van der Waals surface area (Å²) in [6.45, 7) is 3.83. The van der Waals surface area contributed by atoms with Gasteiger partial charge in [-0.05, 0) is 31.4 Å². The first-order valence-corrected chi connectivity index (χ1v) is 5.77. The largest absolute Gasteiger partial charge is 0.481 e. The summed E-state index contributed by atoms with van der Waals surface area (Å²) < 4.78 is 0. The summed E-state index contributed by atoms with van der Waals surface area (Å²) in [5.41, 5.74) is 0. The minimum absolute atomic E-state index is 0.0000869. The van der Waals surface area contributed by atoms with Gasteiger partial charge in [0, 0.05) is 16.2 Å². The van der Waals surface area contributed by atoms with Crippen molar-refractivity contribution in [1.82, 2.24) is 0 Å². The molecule has 4 heteroatoms. The average Bonchev–Trinajstić information content (AvgIpc) is 2.49. The number of aliphatic hydroxyl groups is 1. The van der Waals surface area contributed by atoms with Gasteiger partial charge in [-0.15, -0.1) is 11.3 Å². The molecule has 0 aliphatic heterocycles. The summed E-state index contributed by atoms with van der Waals surface area (Å²) >= 11 is 1.56. The molecule has 0 bridgehead atoms. The van der Waals surface area contributed by atoms with E-state index in [2.05, 4.69) is 0 Å². The Labute approximate surface area is 93.4 Å². The summed E-state index contributed by atoms with van der Waals surface area (Å²) in [6, 6.07) is 3.86. The lowest BCUT2D eigenvalue weighted by Crippen LogP contribution is -2.08. The van der Waals surface area contributed by atoms with Crippen LogP contribution in [-0.2, 0) is 4.79 Å². The van der Waals surface area contributed by atoms with Gasteiger partial charge in [0.25, 0.3) is 0 Å². The van der Waals surface area contributed by atoms with Crippen LogP contribution >= 0.6 is 11.3 Å². The summed E-state index contributed by atoms with van der Waals surface area (Å²) in [7, 11) is 0. The zero-order valence-electron chi connectivity index (χ0n) is 8.93. The van der Waals surface area contributed by atoms with Gasteiger partial charge in [-0.2, -0.15) is 0 Å². The van der Waals surface area contributed by atoms with Crippen LogP contribution in [0.15, 0.2) is 12.1 Å². The van der Waals surface area contributed by atoms with Crippen LogP contribution in [0.5, 0.6) is 0 Å². The van der Waals surface area contributed by atoms with Gasteiger partial charge in [0.1, 0.15) is 0 Å². The third-order valence-electron chi connectivity index (χ3n) is 2.24. The molecule has 15 heavy (non-hydrogen) atoms. The van der Waals surface area contributed by atoms with Crippen molar-refractivity contribution in [3.05, 3.63) is 21.9 Å². The molecule has 0 saturated heterocycles. The van der Waals surface area contributed by atoms with E-state index < -0.39 is 12.1 Å². The first kappa shape index (κ1) is 12.2. The van der Waals surface area contributed by atoms with Crippen molar-refractivity contribution in [2.24, 2.45) is 5.92 Å². The molecule has 0 saturated carbocycles. The van der Waals surface area contributed by atoms with Crippen molar-refractivity contribution < 1.29 is 15.0 Å². The lowest BCUT2D eigenvalue weighted by molar-refractivity contribution is -0.138. The minimum atomic E-state index is -0.808. The minimum Gasteiger partial charge on any atom is -0.481 e. The fraction of sp³-hybridized carbons (Fsp3) is 0.545.